The van der Waals surface area contributed by atoms with Crippen molar-refractivity contribution in [1.29, 1.82) is 0 Å². The minimum Gasteiger partial charge on any atom is -0.369 e. The quantitative estimate of drug-likeness (QED) is 0.518. The molecule has 0 spiro atoms. The summed E-state index contributed by atoms with van der Waals surface area (Å²) in [4.78, 5) is 33.7. The molecule has 2 amide bonds. The van der Waals surface area contributed by atoms with E-state index in [1.807, 2.05) is 29.2 Å². The third-order valence-corrected chi connectivity index (χ3v) is 7.25. The van der Waals surface area contributed by atoms with Gasteiger partial charge in [0.1, 0.15) is 5.82 Å². The maximum atomic E-state index is 13.1. The van der Waals surface area contributed by atoms with Crippen LogP contribution in [0.2, 0.25) is 5.02 Å². The molecule has 7 nitrogen and oxygen atoms in total. The van der Waals surface area contributed by atoms with Gasteiger partial charge in [0.15, 0.2) is 0 Å². The highest BCUT2D eigenvalue weighted by molar-refractivity contribution is 6.33. The average molecular weight is 516 g/mol. The SMILES string of the molecule is O=C(CN1CCN(C(=O)CCCCN2CCN(c3ccc(F)cc3)CC2)CC1)Nc1ccccc1Cl. The fourth-order valence-corrected chi connectivity index (χ4v) is 4.95. The molecule has 0 saturated carbocycles. The molecule has 0 atom stereocenters. The summed E-state index contributed by atoms with van der Waals surface area (Å²) in [6.45, 7) is 7.83. The summed E-state index contributed by atoms with van der Waals surface area (Å²) in [7, 11) is 0. The maximum Gasteiger partial charge on any atom is 0.238 e. The van der Waals surface area contributed by atoms with Crippen LogP contribution in [0.15, 0.2) is 48.5 Å². The molecule has 0 aliphatic carbocycles. The lowest BCUT2D eigenvalue weighted by Crippen LogP contribution is -2.50. The zero-order chi connectivity index (χ0) is 25.3. The zero-order valence-electron chi connectivity index (χ0n) is 20.7. The lowest BCUT2D eigenvalue weighted by atomic mass is 10.2. The van der Waals surface area contributed by atoms with E-state index >= 15 is 0 Å². The first-order valence-corrected chi connectivity index (χ1v) is 13.1. The third-order valence-electron chi connectivity index (χ3n) is 6.92. The molecule has 36 heavy (non-hydrogen) atoms. The van der Waals surface area contributed by atoms with E-state index < -0.39 is 0 Å². The minimum absolute atomic E-state index is 0.0959. The Hall–Kier alpha value is -2.68. The van der Waals surface area contributed by atoms with Crippen molar-refractivity contribution in [2.45, 2.75) is 19.3 Å². The summed E-state index contributed by atoms with van der Waals surface area (Å²) in [5, 5.41) is 3.37. The fourth-order valence-electron chi connectivity index (χ4n) is 4.76. The molecule has 2 aliphatic heterocycles. The standard InChI is InChI=1S/C27H35ClFN5O2/c28-24-5-1-2-6-25(24)30-26(35)21-32-15-19-34(20-16-32)27(36)7-3-4-12-31-13-17-33(18-14-31)23-10-8-22(29)9-11-23/h1-2,5-6,8-11H,3-4,7,12-21H2,(H,30,35). The van der Waals surface area contributed by atoms with E-state index in [2.05, 4.69) is 20.0 Å². The summed E-state index contributed by atoms with van der Waals surface area (Å²) in [5.41, 5.74) is 1.69. The Morgan fingerprint density at radius 3 is 2.19 bits per heavy atom. The van der Waals surface area contributed by atoms with Gasteiger partial charge in [-0.3, -0.25) is 19.4 Å². The van der Waals surface area contributed by atoms with E-state index in [0.717, 1.165) is 51.3 Å². The number of carbonyl (C=O) groups is 2. The monoisotopic (exact) mass is 515 g/mol. The minimum atomic E-state index is -0.203. The molecule has 194 valence electrons. The molecule has 2 fully saturated rings. The number of hydrogen-bond donors (Lipinski definition) is 1. The number of unbranched alkanes of at least 4 members (excludes halogenated alkanes) is 1. The largest absolute Gasteiger partial charge is 0.369 e. The van der Waals surface area contributed by atoms with Crippen molar-refractivity contribution in [3.05, 3.63) is 59.4 Å². The highest BCUT2D eigenvalue weighted by Gasteiger charge is 2.23. The van der Waals surface area contributed by atoms with Crippen molar-refractivity contribution < 1.29 is 14.0 Å². The third kappa shape index (κ3) is 7.66. The number of para-hydroxylation sites is 1. The molecular weight excluding hydrogens is 481 g/mol. The van der Waals surface area contributed by atoms with E-state index in [-0.39, 0.29) is 17.6 Å². The van der Waals surface area contributed by atoms with Crippen molar-refractivity contribution in [1.82, 2.24) is 14.7 Å². The second-order valence-electron chi connectivity index (χ2n) is 9.45. The number of halogens is 2. The van der Waals surface area contributed by atoms with E-state index in [1.165, 1.54) is 12.1 Å². The van der Waals surface area contributed by atoms with Crippen molar-refractivity contribution in [3.8, 4) is 0 Å². The number of hydrogen-bond acceptors (Lipinski definition) is 5. The van der Waals surface area contributed by atoms with Gasteiger partial charge in [0.25, 0.3) is 0 Å². The van der Waals surface area contributed by atoms with E-state index in [4.69, 9.17) is 11.6 Å². The number of carbonyl (C=O) groups excluding carboxylic acids is 2. The number of benzene rings is 2. The second kappa shape index (κ2) is 13.0. The first-order valence-electron chi connectivity index (χ1n) is 12.8. The van der Waals surface area contributed by atoms with Crippen LogP contribution in [-0.4, -0.2) is 92.0 Å². The van der Waals surface area contributed by atoms with Crippen LogP contribution in [-0.2, 0) is 9.59 Å². The van der Waals surface area contributed by atoms with Crippen molar-refractivity contribution in [3.63, 3.8) is 0 Å². The van der Waals surface area contributed by atoms with E-state index in [1.54, 1.807) is 12.1 Å². The van der Waals surface area contributed by atoms with Crippen LogP contribution < -0.4 is 10.2 Å². The van der Waals surface area contributed by atoms with Gasteiger partial charge < -0.3 is 15.1 Å². The molecule has 2 saturated heterocycles. The van der Waals surface area contributed by atoms with Gasteiger partial charge in [-0.05, 0) is 55.8 Å². The molecular formula is C27H35ClFN5O2. The molecule has 4 rings (SSSR count). The highest BCUT2D eigenvalue weighted by atomic mass is 35.5. The zero-order valence-corrected chi connectivity index (χ0v) is 21.4. The molecule has 0 aromatic heterocycles. The van der Waals surface area contributed by atoms with Crippen LogP contribution >= 0.6 is 11.6 Å². The van der Waals surface area contributed by atoms with Crippen LogP contribution in [0, 0.1) is 5.82 Å². The van der Waals surface area contributed by atoms with Crippen LogP contribution in [0.1, 0.15) is 19.3 Å². The Labute approximate surface area is 217 Å². The van der Waals surface area contributed by atoms with E-state index in [9.17, 15) is 14.0 Å². The predicted octanol–water partition coefficient (Wildman–Crippen LogP) is 3.55. The maximum absolute atomic E-state index is 13.1. The summed E-state index contributed by atoms with van der Waals surface area (Å²) >= 11 is 6.11. The normalized spacial score (nSPS) is 17.3. The van der Waals surface area contributed by atoms with Crippen LogP contribution in [0.5, 0.6) is 0 Å². The van der Waals surface area contributed by atoms with Gasteiger partial charge in [0.2, 0.25) is 11.8 Å². The van der Waals surface area contributed by atoms with Crippen LogP contribution in [0.4, 0.5) is 15.8 Å². The van der Waals surface area contributed by atoms with Crippen LogP contribution in [0.3, 0.4) is 0 Å². The highest BCUT2D eigenvalue weighted by Crippen LogP contribution is 2.20. The predicted molar refractivity (Wildman–Crippen MR) is 142 cm³/mol. The smallest absolute Gasteiger partial charge is 0.238 e. The van der Waals surface area contributed by atoms with E-state index in [0.29, 0.717) is 49.9 Å². The van der Waals surface area contributed by atoms with Gasteiger partial charge in [0.05, 0.1) is 17.3 Å². The number of nitrogens with one attached hydrogen (secondary N) is 1. The first kappa shape index (κ1) is 26.4. The van der Waals surface area contributed by atoms with Crippen molar-refractivity contribution in [2.24, 2.45) is 0 Å². The van der Waals surface area contributed by atoms with Crippen molar-refractivity contribution in [2.75, 3.05) is 75.7 Å². The summed E-state index contributed by atoms with van der Waals surface area (Å²) in [5.74, 6) is -0.0940. The van der Waals surface area contributed by atoms with Gasteiger partial charge in [-0.15, -0.1) is 0 Å². The lowest BCUT2D eigenvalue weighted by Gasteiger charge is -2.36. The van der Waals surface area contributed by atoms with Gasteiger partial charge >= 0.3 is 0 Å². The van der Waals surface area contributed by atoms with Gasteiger partial charge in [0, 0.05) is 64.5 Å². The topological polar surface area (TPSA) is 59.1 Å². The fraction of sp³-hybridized carbons (Fsp3) is 0.481. The number of piperazine rings is 2. The molecule has 2 heterocycles. The Morgan fingerprint density at radius 2 is 1.50 bits per heavy atom. The molecule has 2 aliphatic rings. The molecule has 0 radical (unpaired) electrons. The number of rotatable bonds is 9. The summed E-state index contributed by atoms with van der Waals surface area (Å²) < 4.78 is 13.1. The molecule has 0 bridgehead atoms. The molecule has 2 aromatic carbocycles. The van der Waals surface area contributed by atoms with Crippen LogP contribution in [0.25, 0.3) is 0 Å². The number of nitrogens with zero attached hydrogens (tertiary/aromatic N) is 4. The second-order valence-corrected chi connectivity index (χ2v) is 9.85. The lowest BCUT2D eigenvalue weighted by molar-refractivity contribution is -0.133. The first-order chi connectivity index (χ1) is 17.5. The Bertz CT molecular complexity index is 1010. The molecule has 1 N–H and O–H groups in total. The number of anilines is 2. The Balaban J connectivity index is 1.07. The molecule has 0 unspecified atom stereocenters. The summed E-state index contributed by atoms with van der Waals surface area (Å²) in [6, 6.07) is 13.9. The molecule has 2 aromatic rings. The van der Waals surface area contributed by atoms with Crippen molar-refractivity contribution >= 4 is 34.8 Å². The Morgan fingerprint density at radius 1 is 0.833 bits per heavy atom. The Kier molecular flexibility index (Phi) is 9.55. The van der Waals surface area contributed by atoms with Gasteiger partial charge in [-0.1, -0.05) is 23.7 Å². The van der Waals surface area contributed by atoms with Gasteiger partial charge in [-0.2, -0.15) is 0 Å². The summed E-state index contributed by atoms with van der Waals surface area (Å²) in [6.07, 6.45) is 2.46. The van der Waals surface area contributed by atoms with Gasteiger partial charge in [-0.25, -0.2) is 4.39 Å². The molecule has 9 heteroatoms. The average Bonchev–Trinajstić information content (AvgIpc) is 2.89. The number of amides is 2.